The van der Waals surface area contributed by atoms with Crippen molar-refractivity contribution in [2.75, 3.05) is 14.2 Å². The Balaban J connectivity index is 2.53. The lowest BCUT2D eigenvalue weighted by Crippen LogP contribution is -2.05. The van der Waals surface area contributed by atoms with Gasteiger partial charge in [-0.2, -0.15) is 5.10 Å². The van der Waals surface area contributed by atoms with Crippen LogP contribution in [-0.4, -0.2) is 29.8 Å². The molecule has 1 aromatic carbocycles. The van der Waals surface area contributed by atoms with Gasteiger partial charge in [-0.1, -0.05) is 0 Å². The number of hydrogen-bond donors (Lipinski definition) is 0. The van der Waals surface area contributed by atoms with Gasteiger partial charge in [0.25, 0.3) is 0 Å². The number of hydrogen-bond acceptors (Lipinski definition) is 4. The minimum atomic E-state index is -0.0784. The number of carbonyl (C=O) groups excluding carboxylic acids is 1. The lowest BCUT2D eigenvalue weighted by Gasteiger charge is -2.08. The predicted octanol–water partition coefficient (Wildman–Crippen LogP) is 2.29. The highest BCUT2D eigenvalue weighted by Crippen LogP contribution is 2.25. The highest BCUT2D eigenvalue weighted by atomic mass is 16.5. The molecule has 0 radical (unpaired) electrons. The van der Waals surface area contributed by atoms with Crippen molar-refractivity contribution in [1.82, 2.24) is 9.78 Å². The minimum Gasteiger partial charge on any atom is -0.497 e. The molecule has 2 rings (SSSR count). The van der Waals surface area contributed by atoms with Crippen LogP contribution in [0.5, 0.6) is 11.5 Å². The van der Waals surface area contributed by atoms with Gasteiger partial charge in [0.1, 0.15) is 11.5 Å². The monoisotopic (exact) mass is 274 g/mol. The zero-order valence-corrected chi connectivity index (χ0v) is 12.4. The maximum atomic E-state index is 12.7. The van der Waals surface area contributed by atoms with Crippen LogP contribution in [0, 0.1) is 13.8 Å². The molecule has 2 aromatic rings. The molecule has 1 aromatic heterocycles. The normalized spacial score (nSPS) is 10.4. The quantitative estimate of drug-likeness (QED) is 0.803. The average molecular weight is 274 g/mol. The van der Waals surface area contributed by atoms with Gasteiger partial charge in [-0.15, -0.1) is 0 Å². The number of methoxy groups -OCH3 is 2. The number of ether oxygens (including phenoxy) is 2. The Bertz CT molecular complexity index is 637. The molecule has 0 spiro atoms. The third-order valence-electron chi connectivity index (χ3n) is 3.35. The summed E-state index contributed by atoms with van der Waals surface area (Å²) in [5.41, 5.74) is 2.72. The van der Waals surface area contributed by atoms with Crippen LogP contribution in [0.15, 0.2) is 18.2 Å². The number of aromatic nitrogens is 2. The van der Waals surface area contributed by atoms with Crippen molar-refractivity contribution in [3.05, 3.63) is 40.7 Å². The van der Waals surface area contributed by atoms with Gasteiger partial charge in [0, 0.05) is 24.4 Å². The van der Waals surface area contributed by atoms with Crippen molar-refractivity contribution < 1.29 is 14.3 Å². The summed E-state index contributed by atoms with van der Waals surface area (Å²) in [6.45, 7) is 3.71. The number of nitrogens with zero attached hydrogens (tertiary/aromatic N) is 2. The molecule has 0 amide bonds. The van der Waals surface area contributed by atoms with Crippen LogP contribution in [0.1, 0.15) is 27.3 Å². The molecule has 0 saturated heterocycles. The molecule has 0 aliphatic rings. The highest BCUT2D eigenvalue weighted by molar-refractivity contribution is 6.10. The van der Waals surface area contributed by atoms with Crippen LogP contribution in [-0.2, 0) is 7.05 Å². The molecule has 1 heterocycles. The minimum absolute atomic E-state index is 0.0784. The Hall–Kier alpha value is -2.30. The van der Waals surface area contributed by atoms with Gasteiger partial charge in [-0.05, 0) is 26.0 Å². The van der Waals surface area contributed by atoms with Crippen LogP contribution < -0.4 is 9.47 Å². The zero-order valence-electron chi connectivity index (χ0n) is 12.4. The van der Waals surface area contributed by atoms with E-state index in [0.717, 1.165) is 11.4 Å². The van der Waals surface area contributed by atoms with Crippen molar-refractivity contribution in [1.29, 1.82) is 0 Å². The number of benzene rings is 1. The van der Waals surface area contributed by atoms with Gasteiger partial charge in [0.05, 0.1) is 25.5 Å². The van der Waals surface area contributed by atoms with Gasteiger partial charge < -0.3 is 9.47 Å². The number of aryl methyl sites for hydroxylation is 2. The molecule has 0 atom stereocenters. The summed E-state index contributed by atoms with van der Waals surface area (Å²) in [6.07, 6.45) is 0. The fourth-order valence-corrected chi connectivity index (χ4v) is 2.19. The summed E-state index contributed by atoms with van der Waals surface area (Å²) in [7, 11) is 4.94. The zero-order chi connectivity index (χ0) is 14.9. The maximum Gasteiger partial charge on any atom is 0.197 e. The molecule has 0 unspecified atom stereocenters. The van der Waals surface area contributed by atoms with E-state index in [0.29, 0.717) is 22.6 Å². The Morgan fingerprint density at radius 1 is 1.10 bits per heavy atom. The second-order valence-electron chi connectivity index (χ2n) is 4.60. The first kappa shape index (κ1) is 14.1. The van der Waals surface area contributed by atoms with E-state index in [1.807, 2.05) is 20.9 Å². The summed E-state index contributed by atoms with van der Waals surface area (Å²) in [5, 5.41) is 4.28. The second kappa shape index (κ2) is 5.36. The van der Waals surface area contributed by atoms with Crippen molar-refractivity contribution >= 4 is 5.78 Å². The fraction of sp³-hybridized carbons (Fsp3) is 0.333. The van der Waals surface area contributed by atoms with Crippen molar-refractivity contribution in [2.45, 2.75) is 13.8 Å². The van der Waals surface area contributed by atoms with Crippen molar-refractivity contribution in [3.63, 3.8) is 0 Å². The fourth-order valence-electron chi connectivity index (χ4n) is 2.19. The van der Waals surface area contributed by atoms with Crippen LogP contribution in [0.4, 0.5) is 0 Å². The first-order valence-corrected chi connectivity index (χ1v) is 6.26. The van der Waals surface area contributed by atoms with E-state index in [-0.39, 0.29) is 5.78 Å². The van der Waals surface area contributed by atoms with E-state index >= 15 is 0 Å². The first-order chi connectivity index (χ1) is 9.47. The summed E-state index contributed by atoms with van der Waals surface area (Å²) in [4.78, 5) is 12.7. The molecule has 0 N–H and O–H groups in total. The van der Waals surface area contributed by atoms with Gasteiger partial charge in [0.15, 0.2) is 5.78 Å². The summed E-state index contributed by atoms with van der Waals surface area (Å²) < 4.78 is 12.1. The van der Waals surface area contributed by atoms with Crippen molar-refractivity contribution in [2.24, 2.45) is 7.05 Å². The van der Waals surface area contributed by atoms with Gasteiger partial charge >= 0.3 is 0 Å². The predicted molar refractivity (Wildman–Crippen MR) is 75.7 cm³/mol. The third kappa shape index (κ3) is 2.39. The molecule has 20 heavy (non-hydrogen) atoms. The van der Waals surface area contributed by atoms with Crippen LogP contribution >= 0.6 is 0 Å². The number of rotatable bonds is 4. The van der Waals surface area contributed by atoms with Gasteiger partial charge in [-0.25, -0.2) is 0 Å². The van der Waals surface area contributed by atoms with E-state index in [1.165, 1.54) is 0 Å². The lowest BCUT2D eigenvalue weighted by atomic mass is 10.0. The maximum absolute atomic E-state index is 12.7. The van der Waals surface area contributed by atoms with E-state index in [9.17, 15) is 4.79 Å². The molecule has 0 aliphatic carbocycles. The summed E-state index contributed by atoms with van der Waals surface area (Å²) >= 11 is 0. The average Bonchev–Trinajstić information content (AvgIpc) is 2.70. The van der Waals surface area contributed by atoms with Gasteiger partial charge in [-0.3, -0.25) is 9.48 Å². The standard InChI is InChI=1S/C15H18N2O3/c1-9-14(10(2)17(3)16-9)15(18)11-6-12(19-4)8-13(7-11)20-5/h6-8H,1-5H3. The van der Waals surface area contributed by atoms with Crippen LogP contribution in [0.3, 0.4) is 0 Å². The van der Waals surface area contributed by atoms with E-state index in [1.54, 1.807) is 37.1 Å². The van der Waals surface area contributed by atoms with Crippen LogP contribution in [0.2, 0.25) is 0 Å². The largest absolute Gasteiger partial charge is 0.497 e. The summed E-state index contributed by atoms with van der Waals surface area (Å²) in [5.74, 6) is 1.10. The number of carbonyl (C=O) groups is 1. The van der Waals surface area contributed by atoms with Crippen LogP contribution in [0.25, 0.3) is 0 Å². The molecular weight excluding hydrogens is 256 g/mol. The Morgan fingerprint density at radius 3 is 2.05 bits per heavy atom. The first-order valence-electron chi connectivity index (χ1n) is 6.26. The SMILES string of the molecule is COc1cc(OC)cc(C(=O)c2c(C)nn(C)c2C)c1. The molecular formula is C15H18N2O3. The van der Waals surface area contributed by atoms with E-state index < -0.39 is 0 Å². The Labute approximate surface area is 118 Å². The Morgan fingerprint density at radius 2 is 1.65 bits per heavy atom. The van der Waals surface area contributed by atoms with E-state index in [2.05, 4.69) is 5.10 Å². The molecule has 0 aliphatic heterocycles. The molecule has 5 heteroatoms. The second-order valence-corrected chi connectivity index (χ2v) is 4.60. The molecule has 5 nitrogen and oxygen atoms in total. The molecule has 0 saturated carbocycles. The Kier molecular flexibility index (Phi) is 3.79. The van der Waals surface area contributed by atoms with Crippen molar-refractivity contribution in [3.8, 4) is 11.5 Å². The smallest absolute Gasteiger partial charge is 0.197 e. The highest BCUT2D eigenvalue weighted by Gasteiger charge is 2.20. The lowest BCUT2D eigenvalue weighted by molar-refractivity contribution is 0.103. The third-order valence-corrected chi connectivity index (χ3v) is 3.35. The van der Waals surface area contributed by atoms with E-state index in [4.69, 9.17) is 9.47 Å². The molecule has 0 fully saturated rings. The molecule has 0 bridgehead atoms. The number of ketones is 1. The summed E-state index contributed by atoms with van der Waals surface area (Å²) in [6, 6.07) is 5.15. The topological polar surface area (TPSA) is 53.4 Å². The van der Waals surface area contributed by atoms with Gasteiger partial charge in [0.2, 0.25) is 0 Å². The molecule has 106 valence electrons.